The normalized spacial score (nSPS) is 12.7. The Kier molecular flexibility index (Phi) is 5.68. The van der Waals surface area contributed by atoms with Crippen LogP contribution < -0.4 is 5.32 Å². The van der Waals surface area contributed by atoms with Crippen LogP contribution in [0.15, 0.2) is 29.2 Å². The van der Waals surface area contributed by atoms with Gasteiger partial charge in [0.25, 0.3) is 0 Å². The van der Waals surface area contributed by atoms with Gasteiger partial charge in [0, 0.05) is 16.7 Å². The molecular formula is C11H16FNOS. The summed E-state index contributed by atoms with van der Waals surface area (Å²) in [6.45, 7) is 2.87. The minimum absolute atomic E-state index is 0.0274. The number of rotatable bonds is 6. The lowest BCUT2D eigenvalue weighted by Gasteiger charge is -2.14. The molecule has 0 aliphatic heterocycles. The third-order valence-electron chi connectivity index (χ3n) is 1.99. The van der Waals surface area contributed by atoms with Gasteiger partial charge in [-0.15, -0.1) is 11.8 Å². The Morgan fingerprint density at radius 1 is 1.47 bits per heavy atom. The molecular weight excluding hydrogens is 213 g/mol. The van der Waals surface area contributed by atoms with Crippen molar-refractivity contribution in [3.63, 3.8) is 0 Å². The summed E-state index contributed by atoms with van der Waals surface area (Å²) >= 11 is 1.42. The number of aliphatic hydroxyl groups excluding tert-OH is 1. The van der Waals surface area contributed by atoms with Crippen LogP contribution in [0.3, 0.4) is 0 Å². The smallest absolute Gasteiger partial charge is 0.136 e. The summed E-state index contributed by atoms with van der Waals surface area (Å²) < 4.78 is 13.2. The largest absolute Gasteiger partial charge is 0.395 e. The number of halogens is 1. The van der Waals surface area contributed by atoms with Crippen LogP contribution in [0.4, 0.5) is 4.39 Å². The molecule has 0 aliphatic carbocycles. The molecule has 1 aromatic rings. The molecule has 0 radical (unpaired) electrons. The average molecular weight is 229 g/mol. The Balaban J connectivity index is 2.45. The molecule has 1 atom stereocenters. The zero-order valence-electron chi connectivity index (χ0n) is 8.74. The second-order valence-electron chi connectivity index (χ2n) is 3.18. The van der Waals surface area contributed by atoms with Gasteiger partial charge in [-0.25, -0.2) is 4.39 Å². The summed E-state index contributed by atoms with van der Waals surface area (Å²) in [5.74, 6) is 0.473. The number of likely N-dealkylation sites (N-methyl/N-ethyl adjacent to an activating group) is 1. The molecule has 0 bridgehead atoms. The maximum Gasteiger partial charge on any atom is 0.136 e. The maximum atomic E-state index is 13.2. The lowest BCUT2D eigenvalue weighted by Crippen LogP contribution is -2.34. The molecule has 2 N–H and O–H groups in total. The van der Waals surface area contributed by atoms with Crippen molar-refractivity contribution in [1.29, 1.82) is 0 Å². The maximum absolute atomic E-state index is 13.2. The number of aliphatic hydroxyl groups is 1. The lowest BCUT2D eigenvalue weighted by molar-refractivity contribution is 0.255. The second-order valence-corrected chi connectivity index (χ2v) is 4.24. The van der Waals surface area contributed by atoms with E-state index in [1.807, 2.05) is 13.0 Å². The fourth-order valence-electron chi connectivity index (χ4n) is 1.22. The molecule has 0 saturated heterocycles. The molecule has 0 amide bonds. The monoisotopic (exact) mass is 229 g/mol. The zero-order chi connectivity index (χ0) is 11.1. The molecule has 0 aliphatic rings. The second kappa shape index (κ2) is 6.82. The molecule has 1 rings (SSSR count). The van der Waals surface area contributed by atoms with Crippen molar-refractivity contribution in [2.75, 3.05) is 18.9 Å². The molecule has 0 heterocycles. The molecule has 1 aromatic carbocycles. The third kappa shape index (κ3) is 4.20. The van der Waals surface area contributed by atoms with Gasteiger partial charge in [-0.05, 0) is 18.7 Å². The van der Waals surface area contributed by atoms with E-state index < -0.39 is 0 Å². The van der Waals surface area contributed by atoms with E-state index in [1.54, 1.807) is 12.1 Å². The quantitative estimate of drug-likeness (QED) is 0.731. The van der Waals surface area contributed by atoms with Crippen LogP contribution in [-0.2, 0) is 0 Å². The molecule has 0 spiro atoms. The van der Waals surface area contributed by atoms with Crippen molar-refractivity contribution < 1.29 is 9.50 Å². The lowest BCUT2D eigenvalue weighted by atomic mass is 10.3. The van der Waals surface area contributed by atoms with Crippen LogP contribution in [0.1, 0.15) is 6.92 Å². The first-order chi connectivity index (χ1) is 7.27. The predicted octanol–water partition coefficient (Wildman–Crippen LogP) is 1.89. The van der Waals surface area contributed by atoms with E-state index in [9.17, 15) is 4.39 Å². The van der Waals surface area contributed by atoms with E-state index in [2.05, 4.69) is 5.32 Å². The minimum atomic E-state index is -0.198. The minimum Gasteiger partial charge on any atom is -0.395 e. The highest BCUT2D eigenvalue weighted by atomic mass is 32.2. The van der Waals surface area contributed by atoms with Gasteiger partial charge < -0.3 is 10.4 Å². The Hall–Kier alpha value is -0.580. The zero-order valence-corrected chi connectivity index (χ0v) is 9.56. The van der Waals surface area contributed by atoms with Gasteiger partial charge in [-0.3, -0.25) is 0 Å². The van der Waals surface area contributed by atoms with Crippen LogP contribution in [0.2, 0.25) is 0 Å². The van der Waals surface area contributed by atoms with Crippen LogP contribution in [0.5, 0.6) is 0 Å². The van der Waals surface area contributed by atoms with Gasteiger partial charge in [0.05, 0.1) is 6.61 Å². The van der Waals surface area contributed by atoms with Crippen molar-refractivity contribution in [1.82, 2.24) is 5.32 Å². The van der Waals surface area contributed by atoms with E-state index in [0.717, 1.165) is 6.54 Å². The van der Waals surface area contributed by atoms with Crippen molar-refractivity contribution >= 4 is 11.8 Å². The van der Waals surface area contributed by atoms with E-state index in [4.69, 9.17) is 5.11 Å². The van der Waals surface area contributed by atoms with Crippen LogP contribution in [0.25, 0.3) is 0 Å². The fourth-order valence-corrected chi connectivity index (χ4v) is 2.20. The Bertz CT molecular complexity index is 296. The van der Waals surface area contributed by atoms with E-state index in [0.29, 0.717) is 10.6 Å². The van der Waals surface area contributed by atoms with Crippen molar-refractivity contribution in [2.45, 2.75) is 17.9 Å². The van der Waals surface area contributed by atoms with Crippen LogP contribution >= 0.6 is 11.8 Å². The van der Waals surface area contributed by atoms with Gasteiger partial charge in [-0.2, -0.15) is 0 Å². The number of hydrogen-bond acceptors (Lipinski definition) is 3. The number of nitrogens with one attached hydrogen (secondary N) is 1. The molecule has 0 saturated carbocycles. The molecule has 84 valence electrons. The average Bonchev–Trinajstić information content (AvgIpc) is 2.26. The van der Waals surface area contributed by atoms with Crippen molar-refractivity contribution in [3.05, 3.63) is 30.1 Å². The van der Waals surface area contributed by atoms with Crippen molar-refractivity contribution in [2.24, 2.45) is 0 Å². The summed E-state index contributed by atoms with van der Waals surface area (Å²) in [6, 6.07) is 6.71. The van der Waals surface area contributed by atoms with Gasteiger partial charge in [0.2, 0.25) is 0 Å². The van der Waals surface area contributed by atoms with E-state index >= 15 is 0 Å². The highest BCUT2D eigenvalue weighted by Gasteiger charge is 2.08. The molecule has 0 fully saturated rings. The predicted molar refractivity (Wildman–Crippen MR) is 61.7 cm³/mol. The number of hydrogen-bond donors (Lipinski definition) is 2. The summed E-state index contributed by atoms with van der Waals surface area (Å²) in [5.41, 5.74) is 0. The van der Waals surface area contributed by atoms with E-state index in [-0.39, 0.29) is 18.5 Å². The first-order valence-corrected chi connectivity index (χ1v) is 5.98. The van der Waals surface area contributed by atoms with Gasteiger partial charge in [0.1, 0.15) is 5.82 Å². The molecule has 2 nitrogen and oxygen atoms in total. The topological polar surface area (TPSA) is 32.3 Å². The Morgan fingerprint density at radius 3 is 2.80 bits per heavy atom. The SMILES string of the molecule is CCNC(CO)CSc1ccccc1F. The standard InChI is InChI=1S/C11H16FNOS/c1-2-13-9(7-14)8-15-11-6-4-3-5-10(11)12/h3-6,9,13-14H,2,7-8H2,1H3. The number of thioether (sulfide) groups is 1. The van der Waals surface area contributed by atoms with Gasteiger partial charge in [0.15, 0.2) is 0 Å². The van der Waals surface area contributed by atoms with Crippen LogP contribution in [0, 0.1) is 5.82 Å². The Morgan fingerprint density at radius 2 is 2.20 bits per heavy atom. The molecule has 0 aromatic heterocycles. The number of benzene rings is 1. The highest BCUT2D eigenvalue weighted by Crippen LogP contribution is 2.21. The van der Waals surface area contributed by atoms with Crippen molar-refractivity contribution in [3.8, 4) is 0 Å². The summed E-state index contributed by atoms with van der Waals surface area (Å²) in [7, 11) is 0. The van der Waals surface area contributed by atoms with E-state index in [1.165, 1.54) is 17.8 Å². The molecule has 4 heteroatoms. The molecule has 15 heavy (non-hydrogen) atoms. The summed E-state index contributed by atoms with van der Waals surface area (Å²) in [6.07, 6.45) is 0. The highest BCUT2D eigenvalue weighted by molar-refractivity contribution is 7.99. The third-order valence-corrected chi connectivity index (χ3v) is 3.20. The van der Waals surface area contributed by atoms with Gasteiger partial charge >= 0.3 is 0 Å². The van der Waals surface area contributed by atoms with Crippen LogP contribution in [-0.4, -0.2) is 30.1 Å². The summed E-state index contributed by atoms with van der Waals surface area (Å²) in [5, 5.41) is 12.2. The molecule has 1 unspecified atom stereocenters. The summed E-state index contributed by atoms with van der Waals surface area (Å²) in [4.78, 5) is 0.633. The van der Waals surface area contributed by atoms with Gasteiger partial charge in [-0.1, -0.05) is 19.1 Å². The Labute approximate surface area is 93.9 Å². The fraction of sp³-hybridized carbons (Fsp3) is 0.455. The first kappa shape index (κ1) is 12.5. The first-order valence-electron chi connectivity index (χ1n) is 4.99.